The van der Waals surface area contributed by atoms with Gasteiger partial charge in [0.25, 0.3) is 0 Å². The average Bonchev–Trinajstić information content (AvgIpc) is 3.06. The van der Waals surface area contributed by atoms with E-state index >= 15 is 0 Å². The summed E-state index contributed by atoms with van der Waals surface area (Å²) >= 11 is 1.53. The monoisotopic (exact) mass is 284 g/mol. The van der Waals surface area contributed by atoms with Crippen molar-refractivity contribution in [2.45, 2.75) is 25.7 Å². The normalized spacial score (nSPS) is 16.1. The van der Waals surface area contributed by atoms with Gasteiger partial charge < -0.3 is 14.8 Å². The summed E-state index contributed by atoms with van der Waals surface area (Å²) in [6.45, 7) is 1.74. The molecule has 0 aromatic carbocycles. The zero-order valence-corrected chi connectivity index (χ0v) is 12.2. The van der Waals surface area contributed by atoms with Gasteiger partial charge in [0, 0.05) is 25.6 Å². The van der Waals surface area contributed by atoms with Gasteiger partial charge in [-0.2, -0.15) is 0 Å². The Labute approximate surface area is 117 Å². The minimum atomic E-state index is -0.254. The zero-order valence-electron chi connectivity index (χ0n) is 11.4. The third kappa shape index (κ3) is 4.18. The highest BCUT2D eigenvalue weighted by Crippen LogP contribution is 2.48. The number of aromatic nitrogens is 1. The summed E-state index contributed by atoms with van der Waals surface area (Å²) in [6.07, 6.45) is 3.84. The lowest BCUT2D eigenvalue weighted by atomic mass is 10.0. The van der Waals surface area contributed by atoms with Crippen molar-refractivity contribution in [3.63, 3.8) is 0 Å². The number of anilines is 1. The summed E-state index contributed by atoms with van der Waals surface area (Å²) in [5.41, 5.74) is 1.16. The van der Waals surface area contributed by atoms with E-state index in [1.807, 2.05) is 5.38 Å². The van der Waals surface area contributed by atoms with Crippen molar-refractivity contribution in [3.8, 4) is 0 Å². The fourth-order valence-electron chi connectivity index (χ4n) is 1.96. The lowest BCUT2D eigenvalue weighted by Crippen LogP contribution is -2.17. The first-order valence-electron chi connectivity index (χ1n) is 6.41. The van der Waals surface area contributed by atoms with E-state index in [9.17, 15) is 4.79 Å². The van der Waals surface area contributed by atoms with Crippen molar-refractivity contribution in [1.82, 2.24) is 4.98 Å². The summed E-state index contributed by atoms with van der Waals surface area (Å²) in [6, 6.07) is 0. The first-order valence-corrected chi connectivity index (χ1v) is 7.29. The Bertz CT molecular complexity index is 429. The van der Waals surface area contributed by atoms with Crippen LogP contribution in [-0.4, -0.2) is 38.3 Å². The number of rotatable bonds is 8. The van der Waals surface area contributed by atoms with Crippen LogP contribution < -0.4 is 5.32 Å². The Morgan fingerprint density at radius 1 is 1.53 bits per heavy atom. The number of nitrogens with one attached hydrogen (secondary N) is 1. The molecule has 0 atom stereocenters. The molecule has 1 aromatic rings. The molecule has 0 radical (unpaired) electrons. The van der Waals surface area contributed by atoms with E-state index in [-0.39, 0.29) is 12.4 Å². The van der Waals surface area contributed by atoms with Crippen LogP contribution in [-0.2, 0) is 20.7 Å². The van der Waals surface area contributed by atoms with Crippen LogP contribution in [0.15, 0.2) is 5.38 Å². The lowest BCUT2D eigenvalue weighted by Gasteiger charge is -2.14. The van der Waals surface area contributed by atoms with Gasteiger partial charge in [-0.3, -0.25) is 4.79 Å². The summed E-state index contributed by atoms with van der Waals surface area (Å²) < 4.78 is 9.76. The van der Waals surface area contributed by atoms with E-state index in [4.69, 9.17) is 4.74 Å². The maximum Gasteiger partial charge on any atom is 0.311 e. The number of thiazole rings is 1. The molecule has 1 aromatic heterocycles. The number of methoxy groups -OCH3 is 2. The highest BCUT2D eigenvalue weighted by atomic mass is 32.1. The molecule has 5 nitrogen and oxygen atoms in total. The Morgan fingerprint density at radius 2 is 2.32 bits per heavy atom. The van der Waals surface area contributed by atoms with E-state index in [0.717, 1.165) is 30.4 Å². The van der Waals surface area contributed by atoms with Gasteiger partial charge >= 0.3 is 5.97 Å². The fourth-order valence-corrected chi connectivity index (χ4v) is 2.67. The molecule has 0 amide bonds. The van der Waals surface area contributed by atoms with Gasteiger partial charge in [-0.05, 0) is 24.7 Å². The van der Waals surface area contributed by atoms with E-state index < -0.39 is 0 Å². The average molecular weight is 284 g/mol. The molecule has 0 aliphatic heterocycles. The van der Waals surface area contributed by atoms with Crippen molar-refractivity contribution in [3.05, 3.63) is 11.1 Å². The molecular weight excluding hydrogens is 264 g/mol. The van der Waals surface area contributed by atoms with Crippen molar-refractivity contribution >= 4 is 22.4 Å². The van der Waals surface area contributed by atoms with Crippen LogP contribution in [0.1, 0.15) is 25.0 Å². The quantitative estimate of drug-likeness (QED) is 0.741. The molecule has 1 aliphatic rings. The number of esters is 1. The van der Waals surface area contributed by atoms with Crippen LogP contribution >= 0.6 is 11.3 Å². The van der Waals surface area contributed by atoms with Gasteiger partial charge in [-0.25, -0.2) is 4.98 Å². The molecule has 0 bridgehead atoms. The zero-order chi connectivity index (χ0) is 13.7. The van der Waals surface area contributed by atoms with Crippen LogP contribution in [0.5, 0.6) is 0 Å². The molecule has 1 aliphatic carbocycles. The maximum atomic E-state index is 11.1. The molecule has 106 valence electrons. The predicted molar refractivity (Wildman–Crippen MR) is 74.5 cm³/mol. The Balaban J connectivity index is 1.79. The predicted octanol–water partition coefficient (Wildman–Crippen LogP) is 2.09. The molecule has 0 saturated heterocycles. The van der Waals surface area contributed by atoms with Crippen LogP contribution in [0, 0.1) is 5.41 Å². The van der Waals surface area contributed by atoms with Crippen molar-refractivity contribution in [2.24, 2.45) is 5.41 Å². The highest BCUT2D eigenvalue weighted by molar-refractivity contribution is 7.13. The standard InChI is InChI=1S/C13H20N2O3S/c1-17-6-5-13(3-4-13)9-14-12-15-10(8-19-12)7-11(16)18-2/h8H,3-7,9H2,1-2H3,(H,14,15). The maximum absolute atomic E-state index is 11.1. The van der Waals surface area contributed by atoms with Gasteiger partial charge in [-0.15, -0.1) is 11.3 Å². The van der Waals surface area contributed by atoms with E-state index in [1.165, 1.54) is 31.3 Å². The Hall–Kier alpha value is -1.14. The molecule has 1 N–H and O–H groups in total. The van der Waals surface area contributed by atoms with Gasteiger partial charge in [0.1, 0.15) is 0 Å². The van der Waals surface area contributed by atoms with E-state index in [0.29, 0.717) is 5.41 Å². The third-order valence-electron chi connectivity index (χ3n) is 3.51. The fraction of sp³-hybridized carbons (Fsp3) is 0.692. The molecule has 0 unspecified atom stereocenters. The third-order valence-corrected chi connectivity index (χ3v) is 4.36. The van der Waals surface area contributed by atoms with Crippen molar-refractivity contribution in [1.29, 1.82) is 0 Å². The topological polar surface area (TPSA) is 60.5 Å². The largest absolute Gasteiger partial charge is 0.469 e. The van der Waals surface area contributed by atoms with Crippen LogP contribution in [0.4, 0.5) is 5.13 Å². The molecule has 1 fully saturated rings. The van der Waals surface area contributed by atoms with E-state index in [2.05, 4.69) is 15.0 Å². The second kappa shape index (κ2) is 6.34. The van der Waals surface area contributed by atoms with Crippen molar-refractivity contribution in [2.75, 3.05) is 32.7 Å². The van der Waals surface area contributed by atoms with Crippen LogP contribution in [0.25, 0.3) is 0 Å². The number of ether oxygens (including phenoxy) is 2. The van der Waals surface area contributed by atoms with Crippen LogP contribution in [0.2, 0.25) is 0 Å². The second-order valence-electron chi connectivity index (χ2n) is 4.99. The molecular formula is C13H20N2O3S. The Kier molecular flexibility index (Phi) is 4.76. The minimum absolute atomic E-state index is 0.240. The first-order chi connectivity index (χ1) is 9.17. The number of carbonyl (C=O) groups is 1. The smallest absolute Gasteiger partial charge is 0.311 e. The highest BCUT2D eigenvalue weighted by Gasteiger charge is 2.41. The van der Waals surface area contributed by atoms with Gasteiger partial charge in [-0.1, -0.05) is 0 Å². The van der Waals surface area contributed by atoms with Gasteiger partial charge in [0.2, 0.25) is 0 Å². The summed E-state index contributed by atoms with van der Waals surface area (Å²) in [4.78, 5) is 15.5. The molecule has 0 spiro atoms. The van der Waals surface area contributed by atoms with Crippen molar-refractivity contribution < 1.29 is 14.3 Å². The molecule has 19 heavy (non-hydrogen) atoms. The second-order valence-corrected chi connectivity index (χ2v) is 5.85. The summed E-state index contributed by atoms with van der Waals surface area (Å²) in [7, 11) is 3.13. The Morgan fingerprint density at radius 3 is 2.95 bits per heavy atom. The lowest BCUT2D eigenvalue weighted by molar-refractivity contribution is -0.139. The van der Waals surface area contributed by atoms with Crippen LogP contribution in [0.3, 0.4) is 0 Å². The molecule has 6 heteroatoms. The molecule has 1 heterocycles. The molecule has 1 saturated carbocycles. The number of carbonyl (C=O) groups excluding carboxylic acids is 1. The molecule has 2 rings (SSSR count). The number of nitrogens with zero attached hydrogens (tertiary/aromatic N) is 1. The number of hydrogen-bond donors (Lipinski definition) is 1. The minimum Gasteiger partial charge on any atom is -0.469 e. The van der Waals surface area contributed by atoms with Gasteiger partial charge in [0.15, 0.2) is 5.13 Å². The first kappa shape index (κ1) is 14.3. The summed E-state index contributed by atoms with van der Waals surface area (Å²) in [5.74, 6) is -0.254. The SMILES string of the molecule is COCCC1(CNc2nc(CC(=O)OC)cs2)CC1. The summed E-state index contributed by atoms with van der Waals surface area (Å²) in [5, 5.41) is 6.14. The number of hydrogen-bond acceptors (Lipinski definition) is 6. The van der Waals surface area contributed by atoms with Gasteiger partial charge in [0.05, 0.1) is 19.2 Å². The van der Waals surface area contributed by atoms with E-state index in [1.54, 1.807) is 7.11 Å².